The maximum absolute atomic E-state index is 12.6. The van der Waals surface area contributed by atoms with Gasteiger partial charge in [-0.2, -0.15) is 0 Å². The van der Waals surface area contributed by atoms with Crippen LogP contribution in [0.15, 0.2) is 41.4 Å². The molecule has 0 radical (unpaired) electrons. The molecule has 1 aromatic rings. The van der Waals surface area contributed by atoms with E-state index in [1.54, 1.807) is 0 Å². The molecule has 6 heteroatoms. The molecule has 3 aliphatic rings. The molecule has 1 fully saturated rings. The van der Waals surface area contributed by atoms with Crippen molar-refractivity contribution in [2.75, 3.05) is 51.2 Å². The fourth-order valence-corrected chi connectivity index (χ4v) is 4.53. The summed E-state index contributed by atoms with van der Waals surface area (Å²) in [5.41, 5.74) is 2.38. The quantitative estimate of drug-likeness (QED) is 0.366. The van der Waals surface area contributed by atoms with Gasteiger partial charge in [0.2, 0.25) is 5.91 Å². The second-order valence-corrected chi connectivity index (χ2v) is 7.82. The molecule has 0 bridgehead atoms. The Morgan fingerprint density at radius 2 is 2.04 bits per heavy atom. The zero-order valence-electron chi connectivity index (χ0n) is 16.8. The summed E-state index contributed by atoms with van der Waals surface area (Å²) in [4.78, 5) is 23.9. The Morgan fingerprint density at radius 3 is 2.86 bits per heavy atom. The van der Waals surface area contributed by atoms with Crippen LogP contribution in [0.1, 0.15) is 24.8 Å². The number of hydrogen-bond donors (Lipinski definition) is 1. The number of aliphatic imine (C=N–C) groups is 1. The van der Waals surface area contributed by atoms with Gasteiger partial charge in [0.1, 0.15) is 0 Å². The highest BCUT2D eigenvalue weighted by atomic mass is 16.2. The first-order chi connectivity index (χ1) is 13.8. The second-order valence-electron chi connectivity index (χ2n) is 7.82. The summed E-state index contributed by atoms with van der Waals surface area (Å²) < 4.78 is 0. The number of rotatable bonds is 5. The normalized spacial score (nSPS) is 22.2. The van der Waals surface area contributed by atoms with E-state index >= 15 is 0 Å². The Balaban J connectivity index is 1.20. The van der Waals surface area contributed by atoms with Crippen molar-refractivity contribution in [3.05, 3.63) is 42.0 Å². The first-order valence-electron chi connectivity index (χ1n) is 10.5. The van der Waals surface area contributed by atoms with Crippen LogP contribution in [0.25, 0.3) is 0 Å². The molecule has 0 saturated carbocycles. The van der Waals surface area contributed by atoms with Crippen molar-refractivity contribution in [1.82, 2.24) is 15.1 Å². The molecule has 0 aliphatic carbocycles. The van der Waals surface area contributed by atoms with E-state index in [0.717, 1.165) is 63.8 Å². The molecule has 150 valence electrons. The monoisotopic (exact) mass is 381 g/mol. The standard InChI is InChI=1S/C22H31N5O/c1-23-22(26-15-11-19(17-26)25-13-4-5-14-25)24-12-6-9-21(28)27-16-10-18-7-2-3-8-20(18)27/h2-5,7-8,19H,6,9-17H2,1H3,(H,23,24). The molecule has 0 spiro atoms. The van der Waals surface area contributed by atoms with Crippen LogP contribution in [0.2, 0.25) is 0 Å². The van der Waals surface area contributed by atoms with E-state index in [4.69, 9.17) is 0 Å². The van der Waals surface area contributed by atoms with E-state index in [-0.39, 0.29) is 5.91 Å². The van der Waals surface area contributed by atoms with E-state index in [2.05, 4.69) is 44.4 Å². The molecule has 1 N–H and O–H groups in total. The van der Waals surface area contributed by atoms with Crippen molar-refractivity contribution in [2.24, 2.45) is 4.99 Å². The summed E-state index contributed by atoms with van der Waals surface area (Å²) >= 11 is 0. The van der Waals surface area contributed by atoms with Crippen molar-refractivity contribution in [1.29, 1.82) is 0 Å². The lowest BCUT2D eigenvalue weighted by Gasteiger charge is -2.25. The van der Waals surface area contributed by atoms with Gasteiger partial charge in [-0.3, -0.25) is 14.7 Å². The van der Waals surface area contributed by atoms with E-state index < -0.39 is 0 Å². The maximum atomic E-state index is 12.6. The van der Waals surface area contributed by atoms with Gasteiger partial charge in [0, 0.05) is 64.5 Å². The summed E-state index contributed by atoms with van der Waals surface area (Å²) in [5, 5.41) is 3.46. The lowest BCUT2D eigenvalue weighted by atomic mass is 10.2. The first kappa shape index (κ1) is 19.0. The number of hydrogen-bond acceptors (Lipinski definition) is 3. The molecule has 1 aromatic carbocycles. The van der Waals surface area contributed by atoms with Crippen molar-refractivity contribution in [3.8, 4) is 0 Å². The van der Waals surface area contributed by atoms with Crippen LogP contribution in [0, 0.1) is 0 Å². The van der Waals surface area contributed by atoms with E-state index in [9.17, 15) is 4.79 Å². The van der Waals surface area contributed by atoms with Gasteiger partial charge in [-0.25, -0.2) is 0 Å². The average Bonchev–Trinajstić information content (AvgIpc) is 3.47. The van der Waals surface area contributed by atoms with Crippen LogP contribution in [0.4, 0.5) is 5.69 Å². The predicted octanol–water partition coefficient (Wildman–Crippen LogP) is 1.88. The Kier molecular flexibility index (Phi) is 5.95. The van der Waals surface area contributed by atoms with Crippen LogP contribution in [-0.4, -0.2) is 74.0 Å². The molecule has 1 unspecified atom stereocenters. The molecule has 1 saturated heterocycles. The van der Waals surface area contributed by atoms with Crippen LogP contribution >= 0.6 is 0 Å². The maximum Gasteiger partial charge on any atom is 0.227 e. The molecule has 1 amide bonds. The second kappa shape index (κ2) is 8.78. The molecule has 4 rings (SSSR count). The zero-order valence-corrected chi connectivity index (χ0v) is 16.8. The fourth-order valence-electron chi connectivity index (χ4n) is 4.53. The molecule has 6 nitrogen and oxygen atoms in total. The highest BCUT2D eigenvalue weighted by molar-refractivity contribution is 5.95. The zero-order chi connectivity index (χ0) is 19.3. The summed E-state index contributed by atoms with van der Waals surface area (Å²) in [7, 11) is 1.85. The van der Waals surface area contributed by atoms with Crippen LogP contribution in [0.5, 0.6) is 0 Å². The number of benzene rings is 1. The minimum Gasteiger partial charge on any atom is -0.356 e. The van der Waals surface area contributed by atoms with E-state index in [0.29, 0.717) is 12.5 Å². The predicted molar refractivity (Wildman–Crippen MR) is 114 cm³/mol. The number of amides is 1. The van der Waals surface area contributed by atoms with Crippen molar-refractivity contribution in [2.45, 2.75) is 31.7 Å². The van der Waals surface area contributed by atoms with Crippen molar-refractivity contribution >= 4 is 17.6 Å². The molecular formula is C22H31N5O. The summed E-state index contributed by atoms with van der Waals surface area (Å²) in [6.45, 7) is 5.82. The minimum absolute atomic E-state index is 0.226. The topological polar surface area (TPSA) is 51.2 Å². The van der Waals surface area contributed by atoms with Gasteiger partial charge in [-0.1, -0.05) is 30.4 Å². The van der Waals surface area contributed by atoms with Crippen LogP contribution in [0.3, 0.4) is 0 Å². The molecular weight excluding hydrogens is 350 g/mol. The Bertz CT molecular complexity index is 751. The minimum atomic E-state index is 0.226. The van der Waals surface area contributed by atoms with Crippen molar-refractivity contribution < 1.29 is 4.79 Å². The van der Waals surface area contributed by atoms with E-state index in [1.807, 2.05) is 24.1 Å². The molecule has 3 aliphatic heterocycles. The van der Waals surface area contributed by atoms with Gasteiger partial charge >= 0.3 is 0 Å². The number of carbonyl (C=O) groups is 1. The average molecular weight is 382 g/mol. The number of carbonyl (C=O) groups excluding carboxylic acids is 1. The van der Waals surface area contributed by atoms with Crippen molar-refractivity contribution in [3.63, 3.8) is 0 Å². The number of likely N-dealkylation sites (tertiary alicyclic amines) is 1. The molecule has 3 heterocycles. The number of para-hydroxylation sites is 1. The third-order valence-electron chi connectivity index (χ3n) is 6.08. The third kappa shape index (κ3) is 4.07. The van der Waals surface area contributed by atoms with Crippen LogP contribution in [-0.2, 0) is 11.2 Å². The molecule has 0 aromatic heterocycles. The lowest BCUT2D eigenvalue weighted by molar-refractivity contribution is -0.118. The Labute approximate surface area is 167 Å². The SMILES string of the molecule is CN=C(NCCCC(=O)N1CCc2ccccc21)N1CCC(N2CC=CC2)C1. The Morgan fingerprint density at radius 1 is 1.21 bits per heavy atom. The van der Waals surface area contributed by atoms with Gasteiger partial charge in [-0.05, 0) is 30.9 Å². The highest BCUT2D eigenvalue weighted by Gasteiger charge is 2.29. The summed E-state index contributed by atoms with van der Waals surface area (Å²) in [5.74, 6) is 1.19. The summed E-state index contributed by atoms with van der Waals surface area (Å²) in [6.07, 6.45) is 8.06. The van der Waals surface area contributed by atoms with Gasteiger partial charge in [0.15, 0.2) is 5.96 Å². The molecule has 1 atom stereocenters. The van der Waals surface area contributed by atoms with E-state index in [1.165, 1.54) is 12.0 Å². The highest BCUT2D eigenvalue weighted by Crippen LogP contribution is 2.28. The number of fused-ring (bicyclic) bond motifs is 1. The number of nitrogens with zero attached hydrogens (tertiary/aromatic N) is 4. The number of nitrogens with one attached hydrogen (secondary N) is 1. The first-order valence-corrected chi connectivity index (χ1v) is 10.5. The van der Waals surface area contributed by atoms with Crippen LogP contribution < -0.4 is 10.2 Å². The smallest absolute Gasteiger partial charge is 0.227 e. The third-order valence-corrected chi connectivity index (χ3v) is 6.08. The lowest BCUT2D eigenvalue weighted by Crippen LogP contribution is -2.43. The van der Waals surface area contributed by atoms with Gasteiger partial charge in [-0.15, -0.1) is 0 Å². The van der Waals surface area contributed by atoms with Gasteiger partial charge < -0.3 is 15.1 Å². The van der Waals surface area contributed by atoms with Gasteiger partial charge in [0.25, 0.3) is 0 Å². The fraction of sp³-hybridized carbons (Fsp3) is 0.545. The molecule has 28 heavy (non-hydrogen) atoms. The largest absolute Gasteiger partial charge is 0.356 e. The number of guanidine groups is 1. The Hall–Kier alpha value is -2.34. The van der Waals surface area contributed by atoms with Gasteiger partial charge in [0.05, 0.1) is 0 Å². The summed E-state index contributed by atoms with van der Waals surface area (Å²) in [6, 6.07) is 8.85. The number of anilines is 1.